The first-order valence-electron chi connectivity index (χ1n) is 4.07. The van der Waals surface area contributed by atoms with Crippen molar-refractivity contribution in [2.24, 2.45) is 0 Å². The number of hydrogen-bond donors (Lipinski definition) is 3. The molecule has 0 aliphatic heterocycles. The molecule has 1 atom stereocenters. The topological polar surface area (TPSA) is 78.0 Å². The minimum absolute atomic E-state index is 0.0705. The lowest BCUT2D eigenvalue weighted by Gasteiger charge is -2.09. The van der Waals surface area contributed by atoms with Crippen LogP contribution in [0.1, 0.15) is 23.0 Å². The lowest BCUT2D eigenvalue weighted by atomic mass is 10.2. The van der Waals surface area contributed by atoms with Crippen LogP contribution in [0.5, 0.6) is 0 Å². The minimum atomic E-state index is -0.241. The number of aromatic amines is 1. The number of carbonyl (C=O) groups excluding carboxylic acids is 1. The smallest absolute Gasteiger partial charge is 0.269 e. The van der Waals surface area contributed by atoms with Gasteiger partial charge in [0, 0.05) is 6.04 Å². The Balaban J connectivity index is 2.64. The zero-order chi connectivity index (χ0) is 9.84. The summed E-state index contributed by atoms with van der Waals surface area (Å²) < 4.78 is 0. The number of nitrogens with zero attached hydrogens (tertiary/aromatic N) is 1. The molecule has 1 heterocycles. The molecule has 5 nitrogen and oxygen atoms in total. The van der Waals surface area contributed by atoms with Crippen LogP contribution in [0.4, 0.5) is 0 Å². The van der Waals surface area contributed by atoms with Gasteiger partial charge in [0.1, 0.15) is 5.69 Å². The van der Waals surface area contributed by atoms with Gasteiger partial charge in [-0.3, -0.25) is 9.89 Å². The minimum Gasteiger partial charge on any atom is -0.394 e. The number of hydrogen-bond acceptors (Lipinski definition) is 3. The fourth-order valence-electron chi connectivity index (χ4n) is 0.918. The quantitative estimate of drug-likeness (QED) is 0.608. The largest absolute Gasteiger partial charge is 0.394 e. The van der Waals surface area contributed by atoms with Gasteiger partial charge in [0.2, 0.25) is 0 Å². The van der Waals surface area contributed by atoms with Gasteiger partial charge in [0.05, 0.1) is 12.8 Å². The van der Waals surface area contributed by atoms with Crippen LogP contribution >= 0.6 is 0 Å². The lowest BCUT2D eigenvalue weighted by molar-refractivity contribution is 0.0916. The normalized spacial score (nSPS) is 12.5. The maximum absolute atomic E-state index is 11.4. The molecule has 0 radical (unpaired) electrons. The fraction of sp³-hybridized carbons (Fsp3) is 0.500. The van der Waals surface area contributed by atoms with Crippen LogP contribution in [0, 0.1) is 6.92 Å². The standard InChI is InChI=1S/C8H13N3O2/c1-5-3-9-11-7(5)8(13)10-6(2)4-12/h3,6,12H,4H2,1-2H3,(H,9,11)(H,10,13)/t6-/m1/s1. The van der Waals surface area contributed by atoms with Crippen molar-refractivity contribution in [2.75, 3.05) is 6.61 Å². The number of H-pyrrole nitrogens is 1. The first-order valence-corrected chi connectivity index (χ1v) is 4.07. The Labute approximate surface area is 76.2 Å². The summed E-state index contributed by atoms with van der Waals surface area (Å²) in [6.07, 6.45) is 1.58. The first kappa shape index (κ1) is 9.73. The summed E-state index contributed by atoms with van der Waals surface area (Å²) in [4.78, 5) is 11.4. The highest BCUT2D eigenvalue weighted by Gasteiger charge is 2.12. The maximum atomic E-state index is 11.4. The van der Waals surface area contributed by atoms with Crippen LogP contribution in [0.2, 0.25) is 0 Å². The molecular weight excluding hydrogens is 170 g/mol. The van der Waals surface area contributed by atoms with E-state index in [1.807, 2.05) is 0 Å². The molecule has 0 saturated heterocycles. The summed E-state index contributed by atoms with van der Waals surface area (Å²) in [5.41, 5.74) is 1.24. The van der Waals surface area contributed by atoms with Gasteiger partial charge in [0.15, 0.2) is 0 Å². The molecule has 0 aromatic carbocycles. The van der Waals surface area contributed by atoms with E-state index in [2.05, 4.69) is 15.5 Å². The van der Waals surface area contributed by atoms with E-state index in [1.54, 1.807) is 20.0 Å². The second-order valence-corrected chi connectivity index (χ2v) is 2.99. The van der Waals surface area contributed by atoms with E-state index in [0.29, 0.717) is 5.69 Å². The monoisotopic (exact) mass is 183 g/mol. The molecular formula is C8H13N3O2. The zero-order valence-corrected chi connectivity index (χ0v) is 7.66. The van der Waals surface area contributed by atoms with Gasteiger partial charge < -0.3 is 10.4 Å². The van der Waals surface area contributed by atoms with Crippen LogP contribution in [0.25, 0.3) is 0 Å². The summed E-state index contributed by atoms with van der Waals surface area (Å²) in [5.74, 6) is -0.239. The Kier molecular flexibility index (Phi) is 3.02. The molecule has 72 valence electrons. The maximum Gasteiger partial charge on any atom is 0.269 e. The van der Waals surface area contributed by atoms with Crippen molar-refractivity contribution < 1.29 is 9.90 Å². The van der Waals surface area contributed by atoms with Crippen molar-refractivity contribution in [2.45, 2.75) is 19.9 Å². The van der Waals surface area contributed by atoms with Crippen molar-refractivity contribution in [3.63, 3.8) is 0 Å². The SMILES string of the molecule is Cc1cn[nH]c1C(=O)N[C@H](C)CO. The Morgan fingerprint density at radius 3 is 3.00 bits per heavy atom. The number of aryl methyl sites for hydroxylation is 1. The lowest BCUT2D eigenvalue weighted by Crippen LogP contribution is -2.35. The molecule has 1 rings (SSSR count). The molecule has 1 amide bonds. The molecule has 0 saturated carbocycles. The zero-order valence-electron chi connectivity index (χ0n) is 7.66. The van der Waals surface area contributed by atoms with E-state index in [4.69, 9.17) is 5.11 Å². The van der Waals surface area contributed by atoms with Crippen LogP contribution < -0.4 is 5.32 Å². The van der Waals surface area contributed by atoms with Gasteiger partial charge in [-0.1, -0.05) is 0 Å². The van der Waals surface area contributed by atoms with Crippen molar-refractivity contribution in [1.29, 1.82) is 0 Å². The van der Waals surface area contributed by atoms with Gasteiger partial charge in [-0.25, -0.2) is 0 Å². The fourth-order valence-corrected chi connectivity index (χ4v) is 0.918. The molecule has 0 spiro atoms. The Morgan fingerprint density at radius 1 is 1.85 bits per heavy atom. The van der Waals surface area contributed by atoms with E-state index < -0.39 is 0 Å². The molecule has 13 heavy (non-hydrogen) atoms. The molecule has 5 heteroatoms. The number of aliphatic hydroxyl groups excluding tert-OH is 1. The summed E-state index contributed by atoms with van der Waals surface area (Å²) in [7, 11) is 0. The third-order valence-corrected chi connectivity index (χ3v) is 1.71. The Hall–Kier alpha value is -1.36. The van der Waals surface area contributed by atoms with Gasteiger partial charge in [-0.15, -0.1) is 0 Å². The number of carbonyl (C=O) groups is 1. The number of aliphatic hydroxyl groups is 1. The van der Waals surface area contributed by atoms with Crippen LogP contribution in [0.3, 0.4) is 0 Å². The molecule has 0 aliphatic rings. The number of amides is 1. The Morgan fingerprint density at radius 2 is 2.54 bits per heavy atom. The summed E-state index contributed by atoms with van der Waals surface area (Å²) in [6.45, 7) is 3.45. The number of aromatic nitrogens is 2. The van der Waals surface area contributed by atoms with Crippen LogP contribution in [0.15, 0.2) is 6.20 Å². The average Bonchev–Trinajstić information content (AvgIpc) is 2.51. The number of rotatable bonds is 3. The molecule has 1 aromatic heterocycles. The van der Waals surface area contributed by atoms with Crippen molar-refractivity contribution in [3.05, 3.63) is 17.5 Å². The third-order valence-electron chi connectivity index (χ3n) is 1.71. The summed E-state index contributed by atoms with van der Waals surface area (Å²) in [6, 6.07) is -0.241. The van der Waals surface area contributed by atoms with Crippen molar-refractivity contribution in [3.8, 4) is 0 Å². The number of nitrogens with one attached hydrogen (secondary N) is 2. The predicted octanol–water partition coefficient (Wildman–Crippen LogP) is -0.171. The first-order chi connectivity index (χ1) is 6.15. The molecule has 1 aromatic rings. The molecule has 0 aliphatic carbocycles. The molecule has 0 unspecified atom stereocenters. The van der Waals surface area contributed by atoms with Gasteiger partial charge in [-0.05, 0) is 19.4 Å². The highest BCUT2D eigenvalue weighted by Crippen LogP contribution is 2.01. The average molecular weight is 183 g/mol. The van der Waals surface area contributed by atoms with Crippen LogP contribution in [-0.2, 0) is 0 Å². The third kappa shape index (κ3) is 2.29. The van der Waals surface area contributed by atoms with Gasteiger partial charge in [0.25, 0.3) is 5.91 Å². The second kappa shape index (κ2) is 4.04. The van der Waals surface area contributed by atoms with E-state index in [0.717, 1.165) is 5.56 Å². The van der Waals surface area contributed by atoms with E-state index in [-0.39, 0.29) is 18.6 Å². The van der Waals surface area contributed by atoms with Crippen molar-refractivity contribution >= 4 is 5.91 Å². The second-order valence-electron chi connectivity index (χ2n) is 2.99. The highest BCUT2D eigenvalue weighted by atomic mass is 16.3. The van der Waals surface area contributed by atoms with Gasteiger partial charge in [-0.2, -0.15) is 5.10 Å². The Bertz CT molecular complexity index is 295. The van der Waals surface area contributed by atoms with Gasteiger partial charge >= 0.3 is 0 Å². The van der Waals surface area contributed by atoms with E-state index in [1.165, 1.54) is 0 Å². The molecule has 0 bridgehead atoms. The van der Waals surface area contributed by atoms with E-state index >= 15 is 0 Å². The molecule has 3 N–H and O–H groups in total. The highest BCUT2D eigenvalue weighted by molar-refractivity contribution is 5.93. The van der Waals surface area contributed by atoms with E-state index in [9.17, 15) is 4.79 Å². The van der Waals surface area contributed by atoms with Crippen molar-refractivity contribution in [1.82, 2.24) is 15.5 Å². The molecule has 0 fully saturated rings. The predicted molar refractivity (Wildman–Crippen MR) is 47.3 cm³/mol. The van der Waals surface area contributed by atoms with Crippen LogP contribution in [-0.4, -0.2) is 33.9 Å². The summed E-state index contributed by atoms with van der Waals surface area (Å²) in [5, 5.41) is 17.6. The summed E-state index contributed by atoms with van der Waals surface area (Å²) >= 11 is 0.